The Balaban J connectivity index is 1.87. The van der Waals surface area contributed by atoms with E-state index in [4.69, 9.17) is 5.73 Å². The van der Waals surface area contributed by atoms with Gasteiger partial charge in [0, 0.05) is 5.92 Å². The molecule has 1 heteroatoms. The number of benzene rings is 1. The van der Waals surface area contributed by atoms with Crippen LogP contribution < -0.4 is 5.73 Å². The fourth-order valence-corrected chi connectivity index (χ4v) is 3.93. The van der Waals surface area contributed by atoms with Crippen LogP contribution in [0.5, 0.6) is 0 Å². The first-order valence-corrected chi connectivity index (χ1v) is 7.80. The molecule has 0 aromatic heterocycles. The van der Waals surface area contributed by atoms with Gasteiger partial charge in [0.15, 0.2) is 0 Å². The second kappa shape index (κ2) is 4.75. The van der Waals surface area contributed by atoms with Crippen LogP contribution in [0.15, 0.2) is 53.1 Å². The Hall–Kier alpha value is -1.60. The van der Waals surface area contributed by atoms with Crippen LogP contribution >= 0.6 is 0 Å². The van der Waals surface area contributed by atoms with Crippen LogP contribution in [-0.4, -0.2) is 6.54 Å². The largest absolute Gasteiger partial charge is 0.330 e. The van der Waals surface area contributed by atoms with E-state index in [1.807, 2.05) is 0 Å². The topological polar surface area (TPSA) is 26.0 Å². The Morgan fingerprint density at radius 1 is 1.15 bits per heavy atom. The van der Waals surface area contributed by atoms with E-state index < -0.39 is 0 Å². The molecule has 1 nitrogen and oxygen atoms in total. The molecule has 1 saturated carbocycles. The van der Waals surface area contributed by atoms with Crippen LogP contribution in [0, 0.1) is 5.92 Å². The SMILES string of the molecule is NCCCC1=C2C(=CC=C3CCC32)Cc2ccccc21. The molecule has 3 aliphatic carbocycles. The second-order valence-corrected chi connectivity index (χ2v) is 6.14. The van der Waals surface area contributed by atoms with Crippen molar-refractivity contribution in [2.24, 2.45) is 11.7 Å². The fourth-order valence-electron chi connectivity index (χ4n) is 3.93. The van der Waals surface area contributed by atoms with E-state index in [0.717, 1.165) is 31.7 Å². The van der Waals surface area contributed by atoms with Crippen molar-refractivity contribution in [3.05, 3.63) is 64.3 Å². The van der Waals surface area contributed by atoms with E-state index >= 15 is 0 Å². The molecule has 2 N–H and O–H groups in total. The van der Waals surface area contributed by atoms with Crippen molar-refractivity contribution in [2.75, 3.05) is 6.54 Å². The molecule has 1 unspecified atom stereocenters. The van der Waals surface area contributed by atoms with Crippen LogP contribution in [0.25, 0.3) is 5.57 Å². The van der Waals surface area contributed by atoms with Crippen molar-refractivity contribution in [1.29, 1.82) is 0 Å². The lowest BCUT2D eigenvalue weighted by Crippen LogP contribution is -2.25. The molecule has 3 aliphatic rings. The summed E-state index contributed by atoms with van der Waals surface area (Å²) in [5, 5.41) is 0. The normalized spacial score (nSPS) is 23.1. The van der Waals surface area contributed by atoms with Crippen molar-refractivity contribution >= 4 is 5.57 Å². The van der Waals surface area contributed by atoms with Gasteiger partial charge in [-0.25, -0.2) is 0 Å². The monoisotopic (exact) mass is 263 g/mol. The summed E-state index contributed by atoms with van der Waals surface area (Å²) in [5.74, 6) is 0.719. The van der Waals surface area contributed by atoms with E-state index in [1.165, 1.54) is 24.0 Å². The maximum absolute atomic E-state index is 5.76. The first-order chi connectivity index (χ1) is 9.88. The lowest BCUT2D eigenvalue weighted by atomic mass is 9.64. The molecule has 102 valence electrons. The van der Waals surface area contributed by atoms with Gasteiger partial charge in [-0.15, -0.1) is 0 Å². The smallest absolute Gasteiger partial charge is 0.00601 e. The van der Waals surface area contributed by atoms with E-state index in [0.29, 0.717) is 0 Å². The first-order valence-electron chi connectivity index (χ1n) is 7.80. The standard InChI is InChI=1S/C19H21N/c20-11-3-6-18-16-5-2-1-4-14(16)12-15-8-7-13-9-10-17(13)19(15)18/h1-2,4-5,7-8,17H,3,6,9-12,20H2. The molecule has 1 aromatic rings. The van der Waals surface area contributed by atoms with E-state index in [2.05, 4.69) is 36.4 Å². The van der Waals surface area contributed by atoms with Crippen LogP contribution in [0.3, 0.4) is 0 Å². The maximum Gasteiger partial charge on any atom is 0.00601 e. The summed E-state index contributed by atoms with van der Waals surface area (Å²) in [4.78, 5) is 0. The highest BCUT2D eigenvalue weighted by molar-refractivity contribution is 5.80. The van der Waals surface area contributed by atoms with Gasteiger partial charge in [-0.1, -0.05) is 42.0 Å². The Bertz CT molecular complexity index is 645. The molecular formula is C19H21N. The summed E-state index contributed by atoms with van der Waals surface area (Å²) in [6, 6.07) is 8.94. The molecule has 1 aromatic carbocycles. The molecule has 0 radical (unpaired) electrons. The minimum absolute atomic E-state index is 0.719. The maximum atomic E-state index is 5.76. The third-order valence-electron chi connectivity index (χ3n) is 5.04. The van der Waals surface area contributed by atoms with Crippen LogP contribution in [-0.2, 0) is 6.42 Å². The summed E-state index contributed by atoms with van der Waals surface area (Å²) in [5.41, 5.74) is 15.2. The van der Waals surface area contributed by atoms with Gasteiger partial charge in [0.2, 0.25) is 0 Å². The minimum Gasteiger partial charge on any atom is -0.330 e. The number of hydrogen-bond acceptors (Lipinski definition) is 1. The third-order valence-corrected chi connectivity index (χ3v) is 5.04. The van der Waals surface area contributed by atoms with Crippen LogP contribution in [0.1, 0.15) is 36.8 Å². The average Bonchev–Trinajstić information content (AvgIpc) is 2.44. The predicted molar refractivity (Wildman–Crippen MR) is 84.2 cm³/mol. The van der Waals surface area contributed by atoms with Crippen molar-refractivity contribution in [3.8, 4) is 0 Å². The number of fused-ring (bicyclic) bond motifs is 4. The average molecular weight is 263 g/mol. The molecule has 1 atom stereocenters. The molecule has 20 heavy (non-hydrogen) atoms. The summed E-state index contributed by atoms with van der Waals surface area (Å²) < 4.78 is 0. The summed E-state index contributed by atoms with van der Waals surface area (Å²) >= 11 is 0. The zero-order valence-corrected chi connectivity index (χ0v) is 11.9. The highest BCUT2D eigenvalue weighted by Gasteiger charge is 2.35. The zero-order valence-electron chi connectivity index (χ0n) is 11.9. The quantitative estimate of drug-likeness (QED) is 0.876. The molecule has 0 bridgehead atoms. The number of hydrogen-bond donors (Lipinski definition) is 1. The van der Waals surface area contributed by atoms with Gasteiger partial charge < -0.3 is 5.73 Å². The predicted octanol–water partition coefficient (Wildman–Crippen LogP) is 4.01. The van der Waals surface area contributed by atoms with Gasteiger partial charge >= 0.3 is 0 Å². The summed E-state index contributed by atoms with van der Waals surface area (Å²) in [6.45, 7) is 0.783. The Labute approximate surface area is 120 Å². The Morgan fingerprint density at radius 3 is 2.85 bits per heavy atom. The van der Waals surface area contributed by atoms with E-state index in [-0.39, 0.29) is 0 Å². The molecule has 0 spiro atoms. The molecule has 0 saturated heterocycles. The minimum atomic E-state index is 0.719. The first kappa shape index (κ1) is 12.2. The summed E-state index contributed by atoms with van der Waals surface area (Å²) in [7, 11) is 0. The highest BCUT2D eigenvalue weighted by Crippen LogP contribution is 2.51. The number of nitrogens with two attached hydrogens (primary N) is 1. The Morgan fingerprint density at radius 2 is 2.05 bits per heavy atom. The third kappa shape index (κ3) is 1.73. The van der Waals surface area contributed by atoms with Gasteiger partial charge in [-0.2, -0.15) is 0 Å². The van der Waals surface area contributed by atoms with Crippen molar-refractivity contribution in [2.45, 2.75) is 32.1 Å². The van der Waals surface area contributed by atoms with E-state index in [1.54, 1.807) is 22.3 Å². The zero-order chi connectivity index (χ0) is 13.5. The molecule has 0 amide bonds. The summed E-state index contributed by atoms with van der Waals surface area (Å²) in [6.07, 6.45) is 10.7. The van der Waals surface area contributed by atoms with Crippen molar-refractivity contribution in [1.82, 2.24) is 0 Å². The lowest BCUT2D eigenvalue weighted by Gasteiger charge is -2.40. The van der Waals surface area contributed by atoms with Gasteiger partial charge in [0.1, 0.15) is 0 Å². The van der Waals surface area contributed by atoms with Crippen LogP contribution in [0.4, 0.5) is 0 Å². The highest BCUT2D eigenvalue weighted by atomic mass is 14.5. The van der Waals surface area contributed by atoms with E-state index in [9.17, 15) is 0 Å². The van der Waals surface area contributed by atoms with Gasteiger partial charge in [0.25, 0.3) is 0 Å². The molecule has 4 rings (SSSR count). The van der Waals surface area contributed by atoms with Gasteiger partial charge in [-0.05, 0) is 66.5 Å². The molecular weight excluding hydrogens is 242 g/mol. The second-order valence-electron chi connectivity index (χ2n) is 6.14. The Kier molecular flexibility index (Phi) is 2.89. The lowest BCUT2D eigenvalue weighted by molar-refractivity contribution is 0.503. The number of rotatable bonds is 3. The molecule has 1 fully saturated rings. The van der Waals surface area contributed by atoms with Crippen molar-refractivity contribution < 1.29 is 0 Å². The van der Waals surface area contributed by atoms with Crippen molar-refractivity contribution in [3.63, 3.8) is 0 Å². The van der Waals surface area contributed by atoms with Gasteiger partial charge in [0.05, 0.1) is 0 Å². The number of allylic oxidation sites excluding steroid dienone is 6. The van der Waals surface area contributed by atoms with Gasteiger partial charge in [-0.3, -0.25) is 0 Å². The van der Waals surface area contributed by atoms with Crippen LogP contribution in [0.2, 0.25) is 0 Å². The fraction of sp³-hybridized carbons (Fsp3) is 0.368. The molecule has 0 aliphatic heterocycles. The molecule has 0 heterocycles.